The van der Waals surface area contributed by atoms with Crippen LogP contribution in [0.25, 0.3) is 21.7 Å². The van der Waals surface area contributed by atoms with Gasteiger partial charge in [0.05, 0.1) is 20.9 Å². The van der Waals surface area contributed by atoms with E-state index in [0.29, 0.717) is 0 Å². The topological polar surface area (TPSA) is 43.8 Å². The van der Waals surface area contributed by atoms with E-state index in [0.717, 1.165) is 29.3 Å². The minimum absolute atomic E-state index is 0.850. The van der Waals surface area contributed by atoms with Gasteiger partial charge in [0.25, 0.3) is 0 Å². The number of rotatable bonds is 3. The second-order valence-electron chi connectivity index (χ2n) is 4.74. The van der Waals surface area contributed by atoms with Gasteiger partial charge in [0, 0.05) is 6.54 Å². The van der Waals surface area contributed by atoms with Crippen molar-refractivity contribution in [1.82, 2.24) is 9.55 Å². The Hall–Kier alpha value is -1.81. The molecule has 0 amide bonds. The maximum Gasteiger partial charge on any atom is 0.151 e. The summed E-state index contributed by atoms with van der Waals surface area (Å²) in [7, 11) is 0. The highest BCUT2D eigenvalue weighted by Gasteiger charge is 2.15. The van der Waals surface area contributed by atoms with E-state index in [4.69, 9.17) is 10.7 Å². The zero-order chi connectivity index (χ0) is 13.4. The molecule has 2 aromatic heterocycles. The Morgan fingerprint density at radius 1 is 1.32 bits per heavy atom. The van der Waals surface area contributed by atoms with E-state index in [1.54, 1.807) is 11.3 Å². The lowest BCUT2D eigenvalue weighted by Crippen LogP contribution is -1.99. The van der Waals surface area contributed by atoms with Crippen LogP contribution in [-0.4, -0.2) is 9.55 Å². The molecule has 98 valence electrons. The van der Waals surface area contributed by atoms with Crippen LogP contribution in [0.3, 0.4) is 0 Å². The van der Waals surface area contributed by atoms with Gasteiger partial charge >= 0.3 is 0 Å². The molecule has 0 aliphatic heterocycles. The first-order chi connectivity index (χ1) is 9.20. The number of aryl methyl sites for hydroxylation is 2. The molecule has 0 aliphatic carbocycles. The van der Waals surface area contributed by atoms with Gasteiger partial charge in [-0.2, -0.15) is 0 Å². The molecule has 0 unspecified atom stereocenters. The van der Waals surface area contributed by atoms with Crippen molar-refractivity contribution in [3.8, 4) is 10.7 Å². The molecule has 3 nitrogen and oxygen atoms in total. The summed E-state index contributed by atoms with van der Waals surface area (Å²) in [5, 5.41) is 0.850. The van der Waals surface area contributed by atoms with Crippen LogP contribution >= 0.6 is 11.3 Å². The first-order valence-electron chi connectivity index (χ1n) is 6.52. The van der Waals surface area contributed by atoms with Crippen LogP contribution in [0.2, 0.25) is 0 Å². The molecule has 0 radical (unpaired) electrons. The smallest absolute Gasteiger partial charge is 0.151 e. The van der Waals surface area contributed by atoms with Gasteiger partial charge in [0.2, 0.25) is 0 Å². The number of para-hydroxylation sites is 2. The average Bonchev–Trinajstić information content (AvgIpc) is 2.91. The summed E-state index contributed by atoms with van der Waals surface area (Å²) in [6.07, 6.45) is 1.09. The Bertz CT molecular complexity index is 724. The first kappa shape index (κ1) is 12.2. The van der Waals surface area contributed by atoms with Crippen LogP contribution in [0.5, 0.6) is 0 Å². The van der Waals surface area contributed by atoms with Crippen LogP contribution in [0.1, 0.15) is 18.9 Å². The molecular weight excluding hydrogens is 254 g/mol. The molecule has 0 fully saturated rings. The molecule has 1 aromatic carbocycles. The summed E-state index contributed by atoms with van der Waals surface area (Å²) in [5.74, 6) is 1.04. The SMILES string of the molecule is CCCn1c(-c2sc(N)cc2C)nc2ccccc21. The number of anilines is 1. The summed E-state index contributed by atoms with van der Waals surface area (Å²) < 4.78 is 2.30. The van der Waals surface area contributed by atoms with Gasteiger partial charge < -0.3 is 10.3 Å². The number of hydrogen-bond donors (Lipinski definition) is 1. The van der Waals surface area contributed by atoms with Crippen molar-refractivity contribution in [1.29, 1.82) is 0 Å². The van der Waals surface area contributed by atoms with Crippen molar-refractivity contribution in [2.45, 2.75) is 26.8 Å². The summed E-state index contributed by atoms with van der Waals surface area (Å²) in [5.41, 5.74) is 9.37. The van der Waals surface area contributed by atoms with Crippen LogP contribution in [0, 0.1) is 6.92 Å². The van der Waals surface area contributed by atoms with Crippen LogP contribution in [0.15, 0.2) is 30.3 Å². The van der Waals surface area contributed by atoms with Crippen molar-refractivity contribution >= 4 is 27.4 Å². The Kier molecular flexibility index (Phi) is 3.03. The average molecular weight is 271 g/mol. The number of nitrogens with zero attached hydrogens (tertiary/aromatic N) is 2. The second-order valence-corrected chi connectivity index (χ2v) is 5.82. The van der Waals surface area contributed by atoms with E-state index in [9.17, 15) is 0 Å². The molecule has 2 N–H and O–H groups in total. The molecule has 4 heteroatoms. The van der Waals surface area contributed by atoms with E-state index >= 15 is 0 Å². The van der Waals surface area contributed by atoms with Gasteiger partial charge in [-0.25, -0.2) is 4.98 Å². The molecule has 0 saturated heterocycles. The molecule has 0 aliphatic rings. The number of fused-ring (bicyclic) bond motifs is 1. The van der Waals surface area contributed by atoms with Crippen molar-refractivity contribution in [3.05, 3.63) is 35.9 Å². The van der Waals surface area contributed by atoms with Gasteiger partial charge in [-0.15, -0.1) is 11.3 Å². The molecule has 0 saturated carbocycles. The van der Waals surface area contributed by atoms with Crippen LogP contribution in [-0.2, 0) is 6.54 Å². The van der Waals surface area contributed by atoms with Gasteiger partial charge in [0.15, 0.2) is 5.82 Å². The minimum Gasteiger partial charge on any atom is -0.391 e. The molecule has 19 heavy (non-hydrogen) atoms. The zero-order valence-electron chi connectivity index (χ0n) is 11.2. The van der Waals surface area contributed by atoms with Gasteiger partial charge in [0.1, 0.15) is 0 Å². The Balaban J connectivity index is 2.27. The largest absolute Gasteiger partial charge is 0.391 e. The molecule has 0 bridgehead atoms. The monoisotopic (exact) mass is 271 g/mol. The Labute approximate surface area is 116 Å². The van der Waals surface area contributed by atoms with E-state index in [1.165, 1.54) is 16.0 Å². The normalized spacial score (nSPS) is 11.3. The highest BCUT2D eigenvalue weighted by atomic mass is 32.1. The maximum atomic E-state index is 5.92. The molecule has 3 rings (SSSR count). The number of imidazole rings is 1. The zero-order valence-corrected chi connectivity index (χ0v) is 12.0. The number of nitrogens with two attached hydrogens (primary N) is 1. The predicted molar refractivity (Wildman–Crippen MR) is 82.5 cm³/mol. The van der Waals surface area contributed by atoms with Crippen molar-refractivity contribution < 1.29 is 0 Å². The number of aromatic nitrogens is 2. The van der Waals surface area contributed by atoms with E-state index in [2.05, 4.69) is 36.6 Å². The summed E-state index contributed by atoms with van der Waals surface area (Å²) in [6, 6.07) is 10.3. The first-order valence-corrected chi connectivity index (χ1v) is 7.34. The lowest BCUT2D eigenvalue weighted by molar-refractivity contribution is 0.705. The summed E-state index contributed by atoms with van der Waals surface area (Å²) in [4.78, 5) is 5.98. The molecule has 2 heterocycles. The Morgan fingerprint density at radius 3 is 2.79 bits per heavy atom. The third kappa shape index (κ3) is 2.02. The molecule has 0 spiro atoms. The maximum absolute atomic E-state index is 5.92. The van der Waals surface area contributed by atoms with Crippen LogP contribution in [0.4, 0.5) is 5.00 Å². The van der Waals surface area contributed by atoms with E-state index in [1.807, 2.05) is 12.1 Å². The fourth-order valence-corrected chi connectivity index (χ4v) is 3.37. The fourth-order valence-electron chi connectivity index (χ4n) is 2.43. The molecule has 0 atom stereocenters. The number of benzene rings is 1. The standard InChI is InChI=1S/C15H17N3S/c1-3-8-18-12-7-5-4-6-11(12)17-15(18)14-10(2)9-13(16)19-14/h4-7,9H,3,8,16H2,1-2H3. The lowest BCUT2D eigenvalue weighted by atomic mass is 10.2. The highest BCUT2D eigenvalue weighted by molar-refractivity contribution is 7.19. The van der Waals surface area contributed by atoms with Crippen molar-refractivity contribution in [2.24, 2.45) is 0 Å². The predicted octanol–water partition coefficient (Wildman–Crippen LogP) is 4.07. The summed E-state index contributed by atoms with van der Waals surface area (Å²) in [6.45, 7) is 5.26. The number of nitrogen functional groups attached to an aromatic ring is 1. The minimum atomic E-state index is 0.850. The quantitative estimate of drug-likeness (QED) is 0.780. The van der Waals surface area contributed by atoms with Gasteiger partial charge in [-0.3, -0.25) is 0 Å². The lowest BCUT2D eigenvalue weighted by Gasteiger charge is -2.06. The third-order valence-electron chi connectivity index (χ3n) is 3.24. The van der Waals surface area contributed by atoms with E-state index in [-0.39, 0.29) is 0 Å². The van der Waals surface area contributed by atoms with E-state index < -0.39 is 0 Å². The molecule has 3 aromatic rings. The number of thiophene rings is 1. The van der Waals surface area contributed by atoms with Gasteiger partial charge in [-0.05, 0) is 37.1 Å². The second kappa shape index (κ2) is 4.70. The van der Waals surface area contributed by atoms with Crippen molar-refractivity contribution in [3.63, 3.8) is 0 Å². The van der Waals surface area contributed by atoms with Gasteiger partial charge in [-0.1, -0.05) is 19.1 Å². The summed E-state index contributed by atoms with van der Waals surface area (Å²) >= 11 is 1.62. The fraction of sp³-hybridized carbons (Fsp3) is 0.267. The highest BCUT2D eigenvalue weighted by Crippen LogP contribution is 2.35. The third-order valence-corrected chi connectivity index (χ3v) is 4.30. The van der Waals surface area contributed by atoms with Crippen LogP contribution < -0.4 is 5.73 Å². The van der Waals surface area contributed by atoms with Crippen molar-refractivity contribution in [2.75, 3.05) is 5.73 Å². The number of hydrogen-bond acceptors (Lipinski definition) is 3. The Morgan fingerprint density at radius 2 is 2.11 bits per heavy atom. The molecular formula is C15H17N3S.